The average molecular weight is 254 g/mol. The lowest BCUT2D eigenvalue weighted by atomic mass is 10.2. The first-order valence-corrected chi connectivity index (χ1v) is 6.83. The fraction of sp³-hybridized carbons (Fsp3) is 0.133. The first kappa shape index (κ1) is 11.2. The summed E-state index contributed by atoms with van der Waals surface area (Å²) in [6, 6.07) is 14.5. The van der Waals surface area contributed by atoms with Gasteiger partial charge in [-0.2, -0.15) is 0 Å². The van der Waals surface area contributed by atoms with E-state index in [1.165, 1.54) is 15.8 Å². The van der Waals surface area contributed by atoms with E-state index in [0.29, 0.717) is 0 Å². The number of pyridine rings is 1. The summed E-state index contributed by atoms with van der Waals surface area (Å²) in [4.78, 5) is 5.96. The SMILES string of the molecule is Cc1ccsc1CNc1ccc2ccccc2n1. The van der Waals surface area contributed by atoms with E-state index < -0.39 is 0 Å². The Balaban J connectivity index is 1.81. The molecule has 0 aliphatic rings. The van der Waals surface area contributed by atoms with Crippen molar-refractivity contribution in [3.8, 4) is 0 Å². The molecule has 0 aliphatic heterocycles. The molecule has 2 aromatic heterocycles. The molecule has 2 nitrogen and oxygen atoms in total. The van der Waals surface area contributed by atoms with E-state index >= 15 is 0 Å². The molecule has 0 radical (unpaired) electrons. The van der Waals surface area contributed by atoms with Crippen LogP contribution in [0, 0.1) is 6.92 Å². The number of nitrogens with one attached hydrogen (secondary N) is 1. The Morgan fingerprint density at radius 3 is 2.83 bits per heavy atom. The molecule has 1 N–H and O–H groups in total. The number of anilines is 1. The summed E-state index contributed by atoms with van der Waals surface area (Å²) >= 11 is 1.78. The second-order valence-electron chi connectivity index (χ2n) is 4.27. The zero-order valence-electron chi connectivity index (χ0n) is 10.2. The summed E-state index contributed by atoms with van der Waals surface area (Å²) in [5.41, 5.74) is 2.37. The van der Waals surface area contributed by atoms with Gasteiger partial charge in [0.1, 0.15) is 5.82 Å². The maximum atomic E-state index is 4.60. The number of fused-ring (bicyclic) bond motifs is 1. The van der Waals surface area contributed by atoms with Crippen LogP contribution in [0.15, 0.2) is 47.8 Å². The predicted molar refractivity (Wildman–Crippen MR) is 78.1 cm³/mol. The van der Waals surface area contributed by atoms with Gasteiger partial charge < -0.3 is 5.32 Å². The van der Waals surface area contributed by atoms with Gasteiger partial charge in [0, 0.05) is 10.3 Å². The third kappa shape index (κ3) is 2.22. The topological polar surface area (TPSA) is 24.9 Å². The quantitative estimate of drug-likeness (QED) is 0.757. The summed E-state index contributed by atoms with van der Waals surface area (Å²) in [5, 5.41) is 6.68. The normalized spacial score (nSPS) is 10.7. The molecule has 2 heterocycles. The van der Waals surface area contributed by atoms with Crippen LogP contribution in [0.5, 0.6) is 0 Å². The molecular weight excluding hydrogens is 240 g/mol. The minimum absolute atomic E-state index is 0.842. The smallest absolute Gasteiger partial charge is 0.126 e. The van der Waals surface area contributed by atoms with E-state index in [2.05, 4.69) is 40.8 Å². The third-order valence-electron chi connectivity index (χ3n) is 3.00. The van der Waals surface area contributed by atoms with Crippen LogP contribution in [-0.2, 0) is 6.54 Å². The van der Waals surface area contributed by atoms with Crippen molar-refractivity contribution in [1.82, 2.24) is 4.98 Å². The maximum absolute atomic E-state index is 4.60. The first-order chi connectivity index (χ1) is 8.83. The molecule has 0 amide bonds. The molecule has 0 fully saturated rings. The summed E-state index contributed by atoms with van der Waals surface area (Å²) < 4.78 is 0. The number of aromatic nitrogens is 1. The molecule has 0 bridgehead atoms. The van der Waals surface area contributed by atoms with E-state index in [-0.39, 0.29) is 0 Å². The average Bonchev–Trinajstić information content (AvgIpc) is 2.82. The fourth-order valence-corrected chi connectivity index (χ4v) is 2.77. The van der Waals surface area contributed by atoms with Gasteiger partial charge in [-0.15, -0.1) is 11.3 Å². The van der Waals surface area contributed by atoms with E-state index in [1.54, 1.807) is 11.3 Å². The summed E-state index contributed by atoms with van der Waals surface area (Å²) in [5.74, 6) is 0.932. The number of thiophene rings is 1. The van der Waals surface area contributed by atoms with Gasteiger partial charge in [-0.25, -0.2) is 4.98 Å². The second kappa shape index (κ2) is 4.78. The molecule has 3 aromatic rings. The number of para-hydroxylation sites is 1. The van der Waals surface area contributed by atoms with Crippen LogP contribution in [-0.4, -0.2) is 4.98 Å². The number of hydrogen-bond acceptors (Lipinski definition) is 3. The zero-order chi connectivity index (χ0) is 12.4. The molecule has 3 rings (SSSR count). The molecular formula is C15H14N2S. The van der Waals surface area contributed by atoms with E-state index in [0.717, 1.165) is 17.9 Å². The summed E-state index contributed by atoms with van der Waals surface area (Å²) in [6.07, 6.45) is 0. The van der Waals surface area contributed by atoms with Crippen molar-refractivity contribution in [3.05, 3.63) is 58.3 Å². The lowest BCUT2D eigenvalue weighted by Crippen LogP contribution is -2.00. The van der Waals surface area contributed by atoms with Crippen LogP contribution in [0.4, 0.5) is 5.82 Å². The molecule has 0 atom stereocenters. The lowest BCUT2D eigenvalue weighted by molar-refractivity contribution is 1.14. The van der Waals surface area contributed by atoms with Crippen molar-refractivity contribution in [3.63, 3.8) is 0 Å². The van der Waals surface area contributed by atoms with Crippen molar-refractivity contribution >= 4 is 28.1 Å². The Labute approximate surface area is 110 Å². The molecule has 90 valence electrons. The standard InChI is InChI=1S/C15H14N2S/c1-11-8-9-18-14(11)10-16-15-7-6-12-4-2-3-5-13(12)17-15/h2-9H,10H2,1H3,(H,16,17). The van der Waals surface area contributed by atoms with Gasteiger partial charge in [-0.1, -0.05) is 18.2 Å². The molecule has 3 heteroatoms. The van der Waals surface area contributed by atoms with Crippen LogP contribution in [0.3, 0.4) is 0 Å². The molecule has 0 saturated heterocycles. The molecule has 0 saturated carbocycles. The van der Waals surface area contributed by atoms with Gasteiger partial charge in [-0.3, -0.25) is 0 Å². The zero-order valence-corrected chi connectivity index (χ0v) is 11.0. The van der Waals surface area contributed by atoms with Gasteiger partial charge >= 0.3 is 0 Å². The van der Waals surface area contributed by atoms with E-state index in [4.69, 9.17) is 0 Å². The molecule has 0 unspecified atom stereocenters. The minimum atomic E-state index is 0.842. The predicted octanol–water partition coefficient (Wildman–Crippen LogP) is 4.22. The van der Waals surface area contributed by atoms with Gasteiger partial charge in [-0.05, 0) is 42.1 Å². The van der Waals surface area contributed by atoms with E-state index in [1.807, 2.05) is 24.3 Å². The number of benzene rings is 1. The highest BCUT2D eigenvalue weighted by Gasteiger charge is 2.01. The fourth-order valence-electron chi connectivity index (χ4n) is 1.92. The number of aryl methyl sites for hydroxylation is 1. The van der Waals surface area contributed by atoms with Crippen LogP contribution >= 0.6 is 11.3 Å². The van der Waals surface area contributed by atoms with Crippen LogP contribution in [0.1, 0.15) is 10.4 Å². The highest BCUT2D eigenvalue weighted by molar-refractivity contribution is 7.10. The highest BCUT2D eigenvalue weighted by atomic mass is 32.1. The molecule has 0 spiro atoms. The largest absolute Gasteiger partial charge is 0.365 e. The van der Waals surface area contributed by atoms with Gasteiger partial charge in [0.25, 0.3) is 0 Å². The van der Waals surface area contributed by atoms with Gasteiger partial charge in [0.15, 0.2) is 0 Å². The summed E-state index contributed by atoms with van der Waals surface area (Å²) in [6.45, 7) is 2.98. The maximum Gasteiger partial charge on any atom is 0.126 e. The van der Waals surface area contributed by atoms with Crippen molar-refractivity contribution in [1.29, 1.82) is 0 Å². The Kier molecular flexibility index (Phi) is 2.99. The first-order valence-electron chi connectivity index (χ1n) is 5.95. The van der Waals surface area contributed by atoms with Crippen molar-refractivity contribution in [2.24, 2.45) is 0 Å². The van der Waals surface area contributed by atoms with Crippen LogP contribution in [0.25, 0.3) is 10.9 Å². The Hall–Kier alpha value is -1.87. The minimum Gasteiger partial charge on any atom is -0.365 e. The lowest BCUT2D eigenvalue weighted by Gasteiger charge is -2.06. The van der Waals surface area contributed by atoms with Crippen LogP contribution < -0.4 is 5.32 Å². The van der Waals surface area contributed by atoms with Crippen molar-refractivity contribution < 1.29 is 0 Å². The number of nitrogens with zero attached hydrogens (tertiary/aromatic N) is 1. The van der Waals surface area contributed by atoms with Gasteiger partial charge in [0.05, 0.1) is 12.1 Å². The second-order valence-corrected chi connectivity index (χ2v) is 5.27. The highest BCUT2D eigenvalue weighted by Crippen LogP contribution is 2.18. The third-order valence-corrected chi connectivity index (χ3v) is 4.02. The van der Waals surface area contributed by atoms with E-state index in [9.17, 15) is 0 Å². The van der Waals surface area contributed by atoms with Crippen LogP contribution in [0.2, 0.25) is 0 Å². The molecule has 0 aliphatic carbocycles. The number of hydrogen-bond donors (Lipinski definition) is 1. The Morgan fingerprint density at radius 1 is 1.11 bits per heavy atom. The Morgan fingerprint density at radius 2 is 2.00 bits per heavy atom. The summed E-state index contributed by atoms with van der Waals surface area (Å²) in [7, 11) is 0. The van der Waals surface area contributed by atoms with Crippen molar-refractivity contribution in [2.75, 3.05) is 5.32 Å². The molecule has 18 heavy (non-hydrogen) atoms. The molecule has 1 aromatic carbocycles. The van der Waals surface area contributed by atoms with Crippen molar-refractivity contribution in [2.45, 2.75) is 13.5 Å². The monoisotopic (exact) mass is 254 g/mol. The Bertz CT molecular complexity index is 673. The number of rotatable bonds is 3. The van der Waals surface area contributed by atoms with Gasteiger partial charge in [0.2, 0.25) is 0 Å².